The summed E-state index contributed by atoms with van der Waals surface area (Å²) in [6.45, 7) is 2.10. The van der Waals surface area contributed by atoms with Crippen LogP contribution in [-0.2, 0) is 20.1 Å². The maximum atomic E-state index is 13.4. The van der Waals surface area contributed by atoms with Crippen molar-refractivity contribution in [2.45, 2.75) is 20.0 Å². The van der Waals surface area contributed by atoms with Crippen molar-refractivity contribution in [3.05, 3.63) is 110 Å². The van der Waals surface area contributed by atoms with Gasteiger partial charge in [0.05, 0.1) is 24.6 Å². The number of ether oxygens (including phenoxy) is 1. The maximum Gasteiger partial charge on any atom is 0.331 e. The van der Waals surface area contributed by atoms with E-state index in [0.717, 1.165) is 27.0 Å². The van der Waals surface area contributed by atoms with Gasteiger partial charge in [0.2, 0.25) is 11.7 Å². The Bertz CT molecular complexity index is 1750. The largest absolute Gasteiger partial charge is 0.497 e. The number of hydrogen-bond donors (Lipinski definition) is 1. The Labute approximate surface area is 217 Å². The number of nitrogens with zero attached hydrogens (tertiary/aromatic N) is 4. The van der Waals surface area contributed by atoms with Crippen LogP contribution in [0, 0.1) is 6.92 Å². The van der Waals surface area contributed by atoms with Gasteiger partial charge in [0.1, 0.15) is 5.75 Å². The molecule has 0 atom stereocenters. The van der Waals surface area contributed by atoms with E-state index < -0.39 is 11.2 Å². The summed E-state index contributed by atoms with van der Waals surface area (Å²) in [6, 6.07) is 19.3. The third-order valence-corrected chi connectivity index (χ3v) is 6.31. The van der Waals surface area contributed by atoms with E-state index >= 15 is 0 Å². The van der Waals surface area contributed by atoms with E-state index in [1.54, 1.807) is 57.5 Å². The number of carbonyl (C=O) groups excluding carboxylic acids is 1. The number of amides is 1. The van der Waals surface area contributed by atoms with Crippen molar-refractivity contribution in [1.29, 1.82) is 0 Å². The van der Waals surface area contributed by atoms with Gasteiger partial charge in [0.25, 0.3) is 11.5 Å². The first-order valence-electron chi connectivity index (χ1n) is 11.9. The van der Waals surface area contributed by atoms with Crippen molar-refractivity contribution in [3.8, 4) is 17.1 Å². The van der Waals surface area contributed by atoms with Crippen molar-refractivity contribution in [2.24, 2.45) is 7.05 Å². The Kier molecular flexibility index (Phi) is 6.61. The average molecular weight is 512 g/mol. The molecule has 0 saturated heterocycles. The summed E-state index contributed by atoms with van der Waals surface area (Å²) in [5.41, 5.74) is 2.28. The van der Waals surface area contributed by atoms with Crippen molar-refractivity contribution in [3.63, 3.8) is 0 Å². The van der Waals surface area contributed by atoms with Gasteiger partial charge < -0.3 is 14.6 Å². The first kappa shape index (κ1) is 24.7. The standard InChI is InChI=1S/C28H25N5O5/c1-17-30-25(31-38-17)20-8-4-19(5-9-20)16-33-27(35)23-14-21(10-13-24(23)32(2)28(33)36)26(34)29-15-18-6-11-22(37-3)12-7-18/h4-14H,15-16H2,1-3H3,(H,29,34). The molecule has 2 aromatic heterocycles. The van der Waals surface area contributed by atoms with E-state index in [-0.39, 0.29) is 17.8 Å². The number of aryl methyl sites for hydroxylation is 2. The van der Waals surface area contributed by atoms with Gasteiger partial charge in [0, 0.05) is 31.6 Å². The summed E-state index contributed by atoms with van der Waals surface area (Å²) >= 11 is 0. The molecule has 10 heteroatoms. The Morgan fingerprint density at radius 1 is 1.00 bits per heavy atom. The molecule has 5 rings (SSSR count). The number of nitrogens with one attached hydrogen (secondary N) is 1. The van der Waals surface area contributed by atoms with Crippen LogP contribution >= 0.6 is 0 Å². The van der Waals surface area contributed by atoms with Crippen molar-refractivity contribution < 1.29 is 14.1 Å². The fourth-order valence-electron chi connectivity index (χ4n) is 4.18. The summed E-state index contributed by atoms with van der Waals surface area (Å²) in [5.74, 6) is 1.33. The molecule has 2 heterocycles. The van der Waals surface area contributed by atoms with E-state index in [1.807, 2.05) is 24.3 Å². The molecule has 192 valence electrons. The van der Waals surface area contributed by atoms with Crippen LogP contribution in [0.15, 0.2) is 80.8 Å². The van der Waals surface area contributed by atoms with Crippen molar-refractivity contribution in [1.82, 2.24) is 24.6 Å². The lowest BCUT2D eigenvalue weighted by Crippen LogP contribution is -2.39. The minimum Gasteiger partial charge on any atom is -0.497 e. The number of carbonyl (C=O) groups is 1. The molecular formula is C28H25N5O5. The van der Waals surface area contributed by atoms with E-state index in [0.29, 0.717) is 29.3 Å². The van der Waals surface area contributed by atoms with Gasteiger partial charge in [-0.15, -0.1) is 0 Å². The SMILES string of the molecule is COc1ccc(CNC(=O)c2ccc3c(c2)c(=O)n(Cc2ccc(-c4noc(C)n4)cc2)c(=O)n3C)cc1. The number of aromatic nitrogens is 4. The second-order valence-electron chi connectivity index (χ2n) is 8.83. The first-order chi connectivity index (χ1) is 18.3. The second kappa shape index (κ2) is 10.2. The highest BCUT2D eigenvalue weighted by Gasteiger charge is 2.15. The molecule has 5 aromatic rings. The Balaban J connectivity index is 1.40. The zero-order valence-electron chi connectivity index (χ0n) is 21.1. The van der Waals surface area contributed by atoms with Gasteiger partial charge in [-0.25, -0.2) is 4.79 Å². The van der Waals surface area contributed by atoms with Gasteiger partial charge in [-0.3, -0.25) is 18.7 Å². The molecule has 1 N–H and O–H groups in total. The fourth-order valence-corrected chi connectivity index (χ4v) is 4.18. The van der Waals surface area contributed by atoms with Gasteiger partial charge in [-0.1, -0.05) is 41.6 Å². The average Bonchev–Trinajstić information content (AvgIpc) is 3.39. The van der Waals surface area contributed by atoms with Crippen LogP contribution in [0.1, 0.15) is 27.4 Å². The second-order valence-corrected chi connectivity index (χ2v) is 8.83. The molecule has 10 nitrogen and oxygen atoms in total. The lowest BCUT2D eigenvalue weighted by atomic mass is 10.1. The summed E-state index contributed by atoms with van der Waals surface area (Å²) < 4.78 is 12.7. The molecule has 38 heavy (non-hydrogen) atoms. The lowest BCUT2D eigenvalue weighted by molar-refractivity contribution is 0.0951. The summed E-state index contributed by atoms with van der Waals surface area (Å²) in [7, 11) is 3.20. The zero-order chi connectivity index (χ0) is 26.8. The van der Waals surface area contributed by atoms with E-state index in [4.69, 9.17) is 9.26 Å². The molecule has 0 radical (unpaired) electrons. The van der Waals surface area contributed by atoms with Gasteiger partial charge in [-0.05, 0) is 41.5 Å². The third kappa shape index (κ3) is 4.83. The summed E-state index contributed by atoms with van der Waals surface area (Å²) in [4.78, 5) is 43.5. The maximum absolute atomic E-state index is 13.4. The van der Waals surface area contributed by atoms with E-state index in [1.165, 1.54) is 10.6 Å². The minimum absolute atomic E-state index is 0.0703. The van der Waals surface area contributed by atoms with E-state index in [9.17, 15) is 14.4 Å². The number of hydrogen-bond acceptors (Lipinski definition) is 7. The highest BCUT2D eigenvalue weighted by molar-refractivity contribution is 5.97. The molecule has 0 spiro atoms. The van der Waals surface area contributed by atoms with Crippen LogP contribution in [0.25, 0.3) is 22.3 Å². The molecule has 0 aliphatic carbocycles. The number of rotatable bonds is 7. The molecule has 0 aliphatic heterocycles. The van der Waals surface area contributed by atoms with Gasteiger partial charge in [0.15, 0.2) is 0 Å². The van der Waals surface area contributed by atoms with Gasteiger partial charge >= 0.3 is 5.69 Å². The monoisotopic (exact) mass is 511 g/mol. The van der Waals surface area contributed by atoms with Crippen LogP contribution in [0.3, 0.4) is 0 Å². The molecule has 0 unspecified atom stereocenters. The molecule has 1 amide bonds. The quantitative estimate of drug-likeness (QED) is 0.356. The third-order valence-electron chi connectivity index (χ3n) is 6.31. The molecule has 3 aromatic carbocycles. The van der Waals surface area contributed by atoms with Crippen LogP contribution in [0.5, 0.6) is 5.75 Å². The molecule has 0 fully saturated rings. The van der Waals surface area contributed by atoms with E-state index in [2.05, 4.69) is 15.5 Å². The van der Waals surface area contributed by atoms with Gasteiger partial charge in [-0.2, -0.15) is 4.98 Å². The normalized spacial score (nSPS) is 11.0. The Hall–Kier alpha value is -4.99. The first-order valence-corrected chi connectivity index (χ1v) is 11.9. The lowest BCUT2D eigenvalue weighted by Gasteiger charge is -2.12. The van der Waals surface area contributed by atoms with Crippen LogP contribution in [-0.4, -0.2) is 32.3 Å². The van der Waals surface area contributed by atoms with Crippen LogP contribution < -0.4 is 21.3 Å². The zero-order valence-corrected chi connectivity index (χ0v) is 21.1. The fraction of sp³-hybridized carbons (Fsp3) is 0.179. The van der Waals surface area contributed by atoms with Crippen LogP contribution in [0.2, 0.25) is 0 Å². The predicted molar refractivity (Wildman–Crippen MR) is 141 cm³/mol. The molecule has 0 saturated carbocycles. The predicted octanol–water partition coefficient (Wildman–Crippen LogP) is 3.05. The molecule has 0 bridgehead atoms. The summed E-state index contributed by atoms with van der Waals surface area (Å²) in [6.07, 6.45) is 0. The Morgan fingerprint density at radius 3 is 2.37 bits per heavy atom. The molecular weight excluding hydrogens is 486 g/mol. The van der Waals surface area contributed by atoms with Crippen molar-refractivity contribution >= 4 is 16.8 Å². The minimum atomic E-state index is -0.467. The van der Waals surface area contributed by atoms with Crippen LogP contribution in [0.4, 0.5) is 0 Å². The Morgan fingerprint density at radius 2 is 1.71 bits per heavy atom. The highest BCUT2D eigenvalue weighted by Crippen LogP contribution is 2.17. The topological polar surface area (TPSA) is 121 Å². The smallest absolute Gasteiger partial charge is 0.331 e. The van der Waals surface area contributed by atoms with Crippen molar-refractivity contribution in [2.75, 3.05) is 7.11 Å². The highest BCUT2D eigenvalue weighted by atomic mass is 16.5. The summed E-state index contributed by atoms with van der Waals surface area (Å²) in [5, 5.41) is 7.05. The number of benzene rings is 3. The number of fused-ring (bicyclic) bond motifs is 1. The number of methoxy groups -OCH3 is 1. The molecule has 0 aliphatic rings.